The van der Waals surface area contributed by atoms with E-state index < -0.39 is 5.91 Å². The first kappa shape index (κ1) is 19.2. The van der Waals surface area contributed by atoms with Gasteiger partial charge in [-0.3, -0.25) is 9.59 Å². The van der Waals surface area contributed by atoms with Crippen LogP contribution in [0.15, 0.2) is 48.2 Å². The van der Waals surface area contributed by atoms with Crippen LogP contribution in [0, 0.1) is 11.3 Å². The minimum absolute atomic E-state index is 0.0468. The number of anilines is 1. The molecule has 3 N–H and O–H groups in total. The fourth-order valence-corrected chi connectivity index (χ4v) is 3.23. The minimum atomic E-state index is -0.467. The van der Waals surface area contributed by atoms with Gasteiger partial charge in [-0.2, -0.15) is 5.26 Å². The summed E-state index contributed by atoms with van der Waals surface area (Å²) in [5.41, 5.74) is 0.635. The van der Waals surface area contributed by atoms with E-state index in [-0.39, 0.29) is 17.2 Å². The molecule has 144 valence electrons. The van der Waals surface area contributed by atoms with Gasteiger partial charge in [0.15, 0.2) is 0 Å². The van der Waals surface area contributed by atoms with Crippen LogP contribution in [0.2, 0.25) is 0 Å². The Hall–Kier alpha value is -3.53. The third kappa shape index (κ3) is 4.41. The summed E-state index contributed by atoms with van der Waals surface area (Å²) in [4.78, 5) is 25.6. The van der Waals surface area contributed by atoms with E-state index in [9.17, 15) is 20.0 Å². The number of nitrogens with zero attached hydrogens (tertiary/aromatic N) is 2. The van der Waals surface area contributed by atoms with E-state index in [1.54, 1.807) is 35.2 Å². The fourth-order valence-electron chi connectivity index (χ4n) is 3.23. The molecule has 7 heteroatoms. The number of amides is 2. The Kier molecular flexibility index (Phi) is 6.12. The van der Waals surface area contributed by atoms with Gasteiger partial charge in [0.05, 0.1) is 0 Å². The van der Waals surface area contributed by atoms with Crippen molar-refractivity contribution in [2.75, 3.05) is 25.0 Å². The van der Waals surface area contributed by atoms with Crippen molar-refractivity contribution >= 4 is 28.3 Å². The predicted molar refractivity (Wildman–Crippen MR) is 106 cm³/mol. The summed E-state index contributed by atoms with van der Waals surface area (Å²) in [6.07, 6.45) is 3.50. The zero-order valence-corrected chi connectivity index (χ0v) is 15.4. The van der Waals surface area contributed by atoms with Crippen molar-refractivity contribution in [1.82, 2.24) is 10.2 Å². The molecule has 0 radical (unpaired) electrons. The number of hydrogen-bond donors (Lipinski definition) is 3. The Labute approximate surface area is 163 Å². The average molecular weight is 378 g/mol. The lowest BCUT2D eigenvalue weighted by Gasteiger charge is -2.15. The molecular formula is C21H22N4O3. The van der Waals surface area contributed by atoms with Crippen molar-refractivity contribution in [2.24, 2.45) is 0 Å². The summed E-state index contributed by atoms with van der Waals surface area (Å²) in [5, 5.41) is 26.4. The van der Waals surface area contributed by atoms with Gasteiger partial charge in [-0.1, -0.05) is 24.3 Å². The lowest BCUT2D eigenvalue weighted by atomic mass is 10.1. The number of hydrogen-bond acceptors (Lipinski definition) is 5. The number of likely N-dealkylation sites (tertiary alicyclic amines) is 1. The Bertz CT molecular complexity index is 962. The molecule has 2 amide bonds. The van der Waals surface area contributed by atoms with Crippen LogP contribution in [-0.2, 0) is 9.59 Å². The Morgan fingerprint density at radius 1 is 1.25 bits per heavy atom. The molecule has 0 aliphatic carbocycles. The van der Waals surface area contributed by atoms with Gasteiger partial charge in [-0.15, -0.1) is 0 Å². The van der Waals surface area contributed by atoms with Crippen LogP contribution in [-0.4, -0.2) is 41.5 Å². The van der Waals surface area contributed by atoms with E-state index in [1.807, 2.05) is 12.1 Å². The van der Waals surface area contributed by atoms with Crippen molar-refractivity contribution in [3.8, 4) is 11.8 Å². The molecule has 2 aromatic rings. The Balaban J connectivity index is 1.58. The highest BCUT2D eigenvalue weighted by molar-refractivity contribution is 6.00. The maximum atomic E-state index is 12.2. The zero-order chi connectivity index (χ0) is 19.9. The highest BCUT2D eigenvalue weighted by atomic mass is 16.3. The molecular weight excluding hydrogens is 356 g/mol. The topological polar surface area (TPSA) is 105 Å². The van der Waals surface area contributed by atoms with Crippen molar-refractivity contribution in [3.05, 3.63) is 48.2 Å². The zero-order valence-electron chi connectivity index (χ0n) is 15.4. The first-order valence-corrected chi connectivity index (χ1v) is 9.23. The second-order valence-electron chi connectivity index (χ2n) is 6.59. The maximum absolute atomic E-state index is 12.2. The van der Waals surface area contributed by atoms with Gasteiger partial charge in [-0.05, 0) is 25.0 Å². The number of fused-ring (bicyclic) bond motifs is 1. The van der Waals surface area contributed by atoms with Crippen LogP contribution in [0.4, 0.5) is 5.69 Å². The van der Waals surface area contributed by atoms with Crippen LogP contribution in [0.25, 0.3) is 10.8 Å². The molecule has 0 spiro atoms. The third-order valence-corrected chi connectivity index (χ3v) is 4.70. The summed E-state index contributed by atoms with van der Waals surface area (Å²) < 4.78 is 0. The number of rotatable bonds is 7. The van der Waals surface area contributed by atoms with Crippen LogP contribution < -0.4 is 10.6 Å². The molecule has 0 saturated carbocycles. The minimum Gasteiger partial charge on any atom is -0.507 e. The predicted octanol–water partition coefficient (Wildman–Crippen LogP) is 2.49. The summed E-state index contributed by atoms with van der Waals surface area (Å²) in [7, 11) is 0. The molecule has 1 saturated heterocycles. The van der Waals surface area contributed by atoms with Crippen LogP contribution >= 0.6 is 0 Å². The van der Waals surface area contributed by atoms with Crippen molar-refractivity contribution in [1.29, 1.82) is 5.26 Å². The first-order valence-electron chi connectivity index (χ1n) is 9.23. The van der Waals surface area contributed by atoms with E-state index in [0.29, 0.717) is 37.0 Å². The monoisotopic (exact) mass is 378 g/mol. The number of phenolic OH excluding ortho intramolecular Hbond substituents is 1. The van der Waals surface area contributed by atoms with Gasteiger partial charge < -0.3 is 20.6 Å². The van der Waals surface area contributed by atoms with E-state index in [0.717, 1.165) is 18.4 Å². The van der Waals surface area contributed by atoms with Gasteiger partial charge in [0.1, 0.15) is 17.4 Å². The molecule has 2 aromatic carbocycles. The van der Waals surface area contributed by atoms with Gasteiger partial charge in [0, 0.05) is 48.7 Å². The first-order chi connectivity index (χ1) is 13.6. The normalized spacial score (nSPS) is 14.2. The maximum Gasteiger partial charge on any atom is 0.263 e. The highest BCUT2D eigenvalue weighted by Crippen LogP contribution is 2.29. The second-order valence-corrected chi connectivity index (χ2v) is 6.59. The van der Waals surface area contributed by atoms with Crippen LogP contribution in [0.5, 0.6) is 5.75 Å². The smallest absolute Gasteiger partial charge is 0.263 e. The average Bonchev–Trinajstić information content (AvgIpc) is 3.11. The fraction of sp³-hybridized carbons (Fsp3) is 0.286. The number of carbonyl (C=O) groups is 2. The third-order valence-electron chi connectivity index (χ3n) is 4.70. The van der Waals surface area contributed by atoms with E-state index in [1.165, 1.54) is 6.20 Å². The summed E-state index contributed by atoms with van der Waals surface area (Å²) in [6.45, 7) is 1.78. The van der Waals surface area contributed by atoms with E-state index in [2.05, 4.69) is 10.6 Å². The second kappa shape index (κ2) is 8.91. The number of aromatic hydroxyl groups is 1. The number of nitrogens with one attached hydrogen (secondary N) is 2. The van der Waals surface area contributed by atoms with E-state index >= 15 is 0 Å². The number of phenols is 1. The molecule has 7 nitrogen and oxygen atoms in total. The lowest BCUT2D eigenvalue weighted by Crippen LogP contribution is -2.31. The van der Waals surface area contributed by atoms with E-state index in [4.69, 9.17) is 0 Å². The molecule has 0 unspecified atom stereocenters. The molecule has 1 aliphatic heterocycles. The van der Waals surface area contributed by atoms with Gasteiger partial charge in [-0.25, -0.2) is 0 Å². The molecule has 1 fully saturated rings. The van der Waals surface area contributed by atoms with Gasteiger partial charge in [0.25, 0.3) is 5.91 Å². The standard InChI is InChI=1S/C21H22N4O3/c22-13-15(21(28)23-10-4-12-25-11-3-9-20(25)27)14-24-18-7-1-6-17-16(18)5-2-8-19(17)26/h1-2,5-8,14,24,26H,3-4,9-12H2,(H,23,28)/b15-14-. The molecule has 0 atom stereocenters. The molecule has 0 aromatic heterocycles. The van der Waals surface area contributed by atoms with Crippen LogP contribution in [0.1, 0.15) is 19.3 Å². The number of carbonyl (C=O) groups excluding carboxylic acids is 2. The quantitative estimate of drug-likeness (QED) is 0.390. The largest absolute Gasteiger partial charge is 0.507 e. The number of nitriles is 1. The molecule has 1 aliphatic rings. The molecule has 3 rings (SSSR count). The number of benzene rings is 2. The van der Waals surface area contributed by atoms with Crippen molar-refractivity contribution < 1.29 is 14.7 Å². The molecule has 1 heterocycles. The Morgan fingerprint density at radius 2 is 2.04 bits per heavy atom. The molecule has 0 bridgehead atoms. The summed E-state index contributed by atoms with van der Waals surface area (Å²) >= 11 is 0. The molecule has 28 heavy (non-hydrogen) atoms. The lowest BCUT2D eigenvalue weighted by molar-refractivity contribution is -0.127. The van der Waals surface area contributed by atoms with Gasteiger partial charge >= 0.3 is 0 Å². The van der Waals surface area contributed by atoms with Crippen molar-refractivity contribution in [2.45, 2.75) is 19.3 Å². The summed E-state index contributed by atoms with van der Waals surface area (Å²) in [5.74, 6) is -0.139. The van der Waals surface area contributed by atoms with Crippen molar-refractivity contribution in [3.63, 3.8) is 0 Å². The van der Waals surface area contributed by atoms with Gasteiger partial charge in [0.2, 0.25) is 5.91 Å². The van der Waals surface area contributed by atoms with Crippen LogP contribution in [0.3, 0.4) is 0 Å². The highest BCUT2D eigenvalue weighted by Gasteiger charge is 2.19. The Morgan fingerprint density at radius 3 is 2.79 bits per heavy atom. The SMILES string of the molecule is N#C/C(=C/Nc1cccc2c(O)cccc12)C(=O)NCCCN1CCCC1=O. The summed E-state index contributed by atoms with van der Waals surface area (Å²) in [6, 6.07) is 12.5.